The molecule has 1 fully saturated rings. The van der Waals surface area contributed by atoms with Gasteiger partial charge in [-0.1, -0.05) is 11.6 Å². The fraction of sp³-hybridized carbons (Fsp3) is 0.273. The molecule has 1 amide bonds. The first kappa shape index (κ1) is 10.8. The van der Waals surface area contributed by atoms with Gasteiger partial charge in [0.05, 0.1) is 12.6 Å². The van der Waals surface area contributed by atoms with Gasteiger partial charge in [0.15, 0.2) is 6.61 Å². The molecule has 0 spiro atoms. The maximum Gasteiger partial charge on any atom is 0.261 e. The third-order valence-corrected chi connectivity index (χ3v) is 2.51. The third kappa shape index (κ3) is 2.44. The average Bonchev–Trinajstić information content (AvgIpc) is 3.07. The van der Waals surface area contributed by atoms with E-state index in [9.17, 15) is 4.79 Å². The summed E-state index contributed by atoms with van der Waals surface area (Å²) in [5, 5.41) is 9.16. The summed E-state index contributed by atoms with van der Waals surface area (Å²) in [7, 11) is 0. The lowest BCUT2D eigenvalue weighted by Crippen LogP contribution is -2.21. The number of nitrogens with zero attached hydrogens (tertiary/aromatic N) is 2. The molecule has 1 aromatic rings. The van der Waals surface area contributed by atoms with Crippen LogP contribution in [0.4, 0.5) is 0 Å². The van der Waals surface area contributed by atoms with E-state index in [1.54, 1.807) is 24.3 Å². The molecular formula is C11H9ClN2O2. The van der Waals surface area contributed by atoms with Crippen molar-refractivity contribution in [1.29, 1.82) is 5.26 Å². The Morgan fingerprint density at radius 3 is 2.81 bits per heavy atom. The number of ether oxygens (including phenoxy) is 1. The van der Waals surface area contributed by atoms with Gasteiger partial charge in [-0.3, -0.25) is 4.79 Å². The normalized spacial score (nSPS) is 17.8. The van der Waals surface area contributed by atoms with Gasteiger partial charge in [-0.25, -0.2) is 0 Å². The zero-order valence-electron chi connectivity index (χ0n) is 8.39. The summed E-state index contributed by atoms with van der Waals surface area (Å²) in [5.74, 6) is 0.426. The van der Waals surface area contributed by atoms with Gasteiger partial charge in [-0.2, -0.15) is 5.26 Å². The van der Waals surface area contributed by atoms with E-state index in [4.69, 9.17) is 21.6 Å². The van der Waals surface area contributed by atoms with Crippen LogP contribution in [0.15, 0.2) is 24.3 Å². The zero-order valence-corrected chi connectivity index (χ0v) is 9.15. The highest BCUT2D eigenvalue weighted by Crippen LogP contribution is 2.18. The topological polar surface area (TPSA) is 53.1 Å². The predicted molar refractivity (Wildman–Crippen MR) is 58.1 cm³/mol. The molecule has 0 radical (unpaired) electrons. The Labute approximate surface area is 98.0 Å². The maximum absolute atomic E-state index is 11.4. The smallest absolute Gasteiger partial charge is 0.261 e. The van der Waals surface area contributed by atoms with Crippen LogP contribution in [0.5, 0.6) is 5.75 Å². The minimum atomic E-state index is -0.263. The average molecular weight is 237 g/mol. The fourth-order valence-corrected chi connectivity index (χ4v) is 1.41. The molecule has 5 heteroatoms. The van der Waals surface area contributed by atoms with Crippen LogP contribution in [0, 0.1) is 11.3 Å². The Morgan fingerprint density at radius 2 is 2.25 bits per heavy atom. The van der Waals surface area contributed by atoms with Crippen molar-refractivity contribution in [2.45, 2.75) is 6.04 Å². The second-order valence-electron chi connectivity index (χ2n) is 3.43. The molecule has 0 N–H and O–H groups in total. The van der Waals surface area contributed by atoms with E-state index in [2.05, 4.69) is 0 Å². The Kier molecular flexibility index (Phi) is 2.97. The summed E-state index contributed by atoms with van der Waals surface area (Å²) in [6.07, 6.45) is 0. The number of nitriles is 1. The molecule has 0 aliphatic carbocycles. The number of hydrogen-bond acceptors (Lipinski definition) is 3. The molecule has 1 unspecified atom stereocenters. The Hall–Kier alpha value is -1.73. The van der Waals surface area contributed by atoms with Gasteiger partial charge >= 0.3 is 0 Å². The standard InChI is InChI=1S/C11H9ClN2O2/c12-8-1-3-10(4-2-8)16-7-11(15)14-6-9(14)5-13/h1-4,9H,6-7H2. The van der Waals surface area contributed by atoms with E-state index in [-0.39, 0.29) is 18.6 Å². The molecule has 0 bridgehead atoms. The molecule has 1 aliphatic heterocycles. The van der Waals surface area contributed by atoms with Crippen molar-refractivity contribution >= 4 is 17.5 Å². The first-order valence-corrected chi connectivity index (χ1v) is 5.16. The maximum atomic E-state index is 11.4. The Bertz CT molecular complexity index is 438. The van der Waals surface area contributed by atoms with E-state index in [0.717, 1.165) is 0 Å². The predicted octanol–water partition coefficient (Wildman–Crippen LogP) is 1.45. The van der Waals surface area contributed by atoms with E-state index in [0.29, 0.717) is 17.3 Å². The van der Waals surface area contributed by atoms with Crippen LogP contribution in [-0.4, -0.2) is 30.0 Å². The second-order valence-corrected chi connectivity index (χ2v) is 3.87. The summed E-state index contributed by atoms with van der Waals surface area (Å²) in [6, 6.07) is 8.52. The molecule has 0 saturated carbocycles. The number of amides is 1. The lowest BCUT2D eigenvalue weighted by atomic mass is 10.3. The highest BCUT2D eigenvalue weighted by Gasteiger charge is 2.38. The van der Waals surface area contributed by atoms with Crippen LogP contribution >= 0.6 is 11.6 Å². The van der Waals surface area contributed by atoms with Crippen molar-refractivity contribution in [2.24, 2.45) is 0 Å². The zero-order chi connectivity index (χ0) is 11.5. The molecular weight excluding hydrogens is 228 g/mol. The van der Waals surface area contributed by atoms with Crippen molar-refractivity contribution in [1.82, 2.24) is 4.90 Å². The minimum Gasteiger partial charge on any atom is -0.484 e. The van der Waals surface area contributed by atoms with Crippen molar-refractivity contribution < 1.29 is 9.53 Å². The lowest BCUT2D eigenvalue weighted by molar-refractivity contribution is -0.128. The molecule has 1 saturated heterocycles. The number of hydrogen-bond donors (Lipinski definition) is 0. The number of halogens is 1. The van der Waals surface area contributed by atoms with E-state index in [1.807, 2.05) is 6.07 Å². The van der Waals surface area contributed by atoms with Crippen LogP contribution in [0.1, 0.15) is 0 Å². The number of rotatable bonds is 3. The van der Waals surface area contributed by atoms with Crippen LogP contribution in [-0.2, 0) is 4.79 Å². The van der Waals surface area contributed by atoms with Crippen molar-refractivity contribution in [3.63, 3.8) is 0 Å². The minimum absolute atomic E-state index is 0.0419. The molecule has 1 atom stereocenters. The van der Waals surface area contributed by atoms with Crippen molar-refractivity contribution in [3.05, 3.63) is 29.3 Å². The van der Waals surface area contributed by atoms with Crippen molar-refractivity contribution in [3.8, 4) is 11.8 Å². The summed E-state index contributed by atoms with van der Waals surface area (Å²) in [6.45, 7) is 0.471. The summed E-state index contributed by atoms with van der Waals surface area (Å²) >= 11 is 5.71. The Balaban J connectivity index is 1.82. The second kappa shape index (κ2) is 4.42. The molecule has 16 heavy (non-hydrogen) atoms. The van der Waals surface area contributed by atoms with Crippen LogP contribution in [0.2, 0.25) is 5.02 Å². The first-order chi connectivity index (χ1) is 7.70. The van der Waals surface area contributed by atoms with E-state index in [1.165, 1.54) is 4.90 Å². The first-order valence-electron chi connectivity index (χ1n) is 4.78. The third-order valence-electron chi connectivity index (χ3n) is 2.26. The molecule has 1 aliphatic rings. The van der Waals surface area contributed by atoms with Gasteiger partial charge in [-0.05, 0) is 24.3 Å². The number of benzene rings is 1. The van der Waals surface area contributed by atoms with Gasteiger partial charge in [0.2, 0.25) is 0 Å². The Morgan fingerprint density at radius 1 is 1.56 bits per heavy atom. The van der Waals surface area contributed by atoms with Gasteiger partial charge in [-0.15, -0.1) is 0 Å². The van der Waals surface area contributed by atoms with Gasteiger partial charge in [0, 0.05) is 5.02 Å². The van der Waals surface area contributed by atoms with Crippen LogP contribution in [0.25, 0.3) is 0 Å². The van der Waals surface area contributed by atoms with E-state index < -0.39 is 0 Å². The van der Waals surface area contributed by atoms with Crippen molar-refractivity contribution in [2.75, 3.05) is 13.2 Å². The fourth-order valence-electron chi connectivity index (χ4n) is 1.28. The van der Waals surface area contributed by atoms with Gasteiger partial charge in [0.25, 0.3) is 5.91 Å². The lowest BCUT2D eigenvalue weighted by Gasteiger charge is -2.05. The van der Waals surface area contributed by atoms with Gasteiger partial charge in [0.1, 0.15) is 11.8 Å². The molecule has 2 rings (SSSR count). The SMILES string of the molecule is N#CC1CN1C(=O)COc1ccc(Cl)cc1. The largest absolute Gasteiger partial charge is 0.484 e. The van der Waals surface area contributed by atoms with E-state index >= 15 is 0 Å². The highest BCUT2D eigenvalue weighted by molar-refractivity contribution is 6.30. The highest BCUT2D eigenvalue weighted by atomic mass is 35.5. The molecule has 1 aromatic carbocycles. The summed E-state index contributed by atoms with van der Waals surface area (Å²) in [5.41, 5.74) is 0. The number of carbonyl (C=O) groups excluding carboxylic acids is 1. The van der Waals surface area contributed by atoms with Crippen LogP contribution in [0.3, 0.4) is 0 Å². The van der Waals surface area contributed by atoms with Gasteiger partial charge < -0.3 is 9.64 Å². The summed E-state index contributed by atoms with van der Waals surface area (Å²) < 4.78 is 5.26. The number of carbonyl (C=O) groups is 1. The molecule has 82 valence electrons. The molecule has 0 aromatic heterocycles. The quantitative estimate of drug-likeness (QED) is 0.747. The molecule has 1 heterocycles. The monoisotopic (exact) mass is 236 g/mol. The molecule has 4 nitrogen and oxygen atoms in total. The van der Waals surface area contributed by atoms with Crippen LogP contribution < -0.4 is 4.74 Å². The summed E-state index contributed by atoms with van der Waals surface area (Å²) in [4.78, 5) is 12.9.